The van der Waals surface area contributed by atoms with E-state index < -0.39 is 0 Å². The number of aromatic nitrogens is 2. The van der Waals surface area contributed by atoms with Gasteiger partial charge in [0.15, 0.2) is 0 Å². The van der Waals surface area contributed by atoms with Gasteiger partial charge in [-0.15, -0.1) is 0 Å². The van der Waals surface area contributed by atoms with Crippen LogP contribution in [0.15, 0.2) is 203 Å². The number of furan rings is 2. The summed E-state index contributed by atoms with van der Waals surface area (Å²) >= 11 is 0. The highest BCUT2D eigenvalue weighted by molar-refractivity contribution is 6.12. The fourth-order valence-corrected chi connectivity index (χ4v) is 9.10. The highest BCUT2D eigenvalue weighted by atomic mass is 16.3. The number of aromatic amines is 1. The van der Waals surface area contributed by atoms with Crippen LogP contribution < -0.4 is 0 Å². The predicted octanol–water partition coefficient (Wildman–Crippen LogP) is 15.5. The lowest BCUT2D eigenvalue weighted by Gasteiger charge is -2.12. The number of benzene rings is 9. The average molecular weight is 757 g/mol. The van der Waals surface area contributed by atoms with E-state index in [4.69, 9.17) is 8.83 Å². The molecular weight excluding hydrogens is 721 g/mol. The Hall–Kier alpha value is -7.82. The molecule has 13 aromatic rings. The molecule has 0 radical (unpaired) electrons. The van der Waals surface area contributed by atoms with Crippen LogP contribution >= 0.6 is 0 Å². The Bertz CT molecular complexity index is 3710. The van der Waals surface area contributed by atoms with Gasteiger partial charge in [0.2, 0.25) is 0 Å². The minimum absolute atomic E-state index is 0.913. The summed E-state index contributed by atoms with van der Waals surface area (Å²) in [4.78, 5) is 3.38. The molecule has 4 aromatic heterocycles. The largest absolute Gasteiger partial charge is 0.456 e. The molecule has 1 N–H and O–H groups in total. The van der Waals surface area contributed by atoms with Crippen molar-refractivity contribution >= 4 is 87.5 Å². The molecule has 0 aliphatic heterocycles. The summed E-state index contributed by atoms with van der Waals surface area (Å²) in [5.74, 6) is 0. The number of rotatable bonds is 3. The molecule has 0 aliphatic rings. The highest BCUT2D eigenvalue weighted by Crippen LogP contribution is 2.39. The number of nitrogens with one attached hydrogen (secondary N) is 1. The summed E-state index contributed by atoms with van der Waals surface area (Å²) in [6.07, 6.45) is 0. The zero-order chi connectivity index (χ0) is 39.0. The van der Waals surface area contributed by atoms with Gasteiger partial charge in [0.05, 0.1) is 11.0 Å². The summed E-state index contributed by atoms with van der Waals surface area (Å²) in [5.41, 5.74) is 15.6. The minimum atomic E-state index is 0.913. The van der Waals surface area contributed by atoms with Crippen molar-refractivity contribution in [2.24, 2.45) is 0 Å². The summed E-state index contributed by atoms with van der Waals surface area (Å²) in [7, 11) is 0. The van der Waals surface area contributed by atoms with Crippen LogP contribution in [0.4, 0.5) is 0 Å². The van der Waals surface area contributed by atoms with Gasteiger partial charge in [0.25, 0.3) is 0 Å². The van der Waals surface area contributed by atoms with Crippen molar-refractivity contribution in [3.8, 4) is 27.9 Å². The Kier molecular flexibility index (Phi) is 7.41. The fourth-order valence-electron chi connectivity index (χ4n) is 9.10. The first-order chi connectivity index (χ1) is 29.1. The van der Waals surface area contributed by atoms with Crippen LogP contribution in [0.5, 0.6) is 0 Å². The maximum Gasteiger partial charge on any atom is 0.135 e. The maximum atomic E-state index is 6.11. The van der Waals surface area contributed by atoms with Gasteiger partial charge in [-0.1, -0.05) is 115 Å². The van der Waals surface area contributed by atoms with Gasteiger partial charge in [-0.25, -0.2) is 0 Å². The molecule has 9 aromatic carbocycles. The molecule has 59 heavy (non-hydrogen) atoms. The standard InChI is InChI=1S/C43H27NO2.C12H9N/c1-26-20-30(29-16-19-43-37(25-29)34-10-4-7-13-41(34)46-43)22-31(21-26)44-38-11-5-2-8-32(38)35-23-27(14-17-39(35)44)28-15-18-42-36(24-28)33-9-3-6-12-40(33)45-42;1-3-7-11-9(5-1)10-6-2-4-8-12(10)13-11/h2-25H,1H3;1-8,13H. The third-order valence-corrected chi connectivity index (χ3v) is 11.8. The topological polar surface area (TPSA) is 47.0 Å². The Labute approximate surface area is 339 Å². The lowest BCUT2D eigenvalue weighted by molar-refractivity contribution is 0.668. The Morgan fingerprint density at radius 1 is 0.339 bits per heavy atom. The molecule has 0 unspecified atom stereocenters. The molecule has 0 fully saturated rings. The highest BCUT2D eigenvalue weighted by Gasteiger charge is 2.16. The summed E-state index contributed by atoms with van der Waals surface area (Å²) < 4.78 is 14.6. The number of hydrogen-bond acceptors (Lipinski definition) is 2. The van der Waals surface area contributed by atoms with Gasteiger partial charge < -0.3 is 18.4 Å². The third-order valence-electron chi connectivity index (χ3n) is 11.8. The summed E-state index contributed by atoms with van der Waals surface area (Å²) in [6.45, 7) is 2.18. The molecule has 0 atom stereocenters. The summed E-state index contributed by atoms with van der Waals surface area (Å²) in [6, 6.07) is 68.8. The van der Waals surface area contributed by atoms with E-state index in [1.165, 1.54) is 71.4 Å². The smallest absolute Gasteiger partial charge is 0.135 e. The van der Waals surface area contributed by atoms with E-state index in [0.717, 1.165) is 49.6 Å². The van der Waals surface area contributed by atoms with Crippen molar-refractivity contribution in [2.45, 2.75) is 6.92 Å². The second-order valence-corrected chi connectivity index (χ2v) is 15.5. The first-order valence-corrected chi connectivity index (χ1v) is 20.1. The van der Waals surface area contributed by atoms with Crippen LogP contribution in [0.1, 0.15) is 5.56 Å². The number of aryl methyl sites for hydroxylation is 1. The Morgan fingerprint density at radius 2 is 0.797 bits per heavy atom. The lowest BCUT2D eigenvalue weighted by atomic mass is 10.00. The van der Waals surface area contributed by atoms with E-state index in [-0.39, 0.29) is 0 Å². The third kappa shape index (κ3) is 5.45. The molecular formula is C55H36N2O2. The lowest BCUT2D eigenvalue weighted by Crippen LogP contribution is -1.95. The molecule has 0 saturated heterocycles. The fraction of sp³-hybridized carbons (Fsp3) is 0.0182. The average Bonchev–Trinajstić information content (AvgIpc) is 4.04. The Balaban J connectivity index is 0.000000245. The number of H-pyrrole nitrogens is 1. The van der Waals surface area contributed by atoms with Crippen LogP contribution in [0, 0.1) is 6.92 Å². The van der Waals surface area contributed by atoms with Crippen molar-refractivity contribution in [3.63, 3.8) is 0 Å². The molecule has 0 saturated carbocycles. The van der Waals surface area contributed by atoms with E-state index >= 15 is 0 Å². The van der Waals surface area contributed by atoms with Crippen molar-refractivity contribution < 1.29 is 8.83 Å². The quantitative estimate of drug-likeness (QED) is 0.195. The van der Waals surface area contributed by atoms with Gasteiger partial charge in [-0.3, -0.25) is 0 Å². The van der Waals surface area contributed by atoms with Crippen LogP contribution in [-0.4, -0.2) is 9.55 Å². The SMILES string of the molecule is Cc1cc(-c2ccc3oc4ccccc4c3c2)cc(-n2c3ccccc3c3cc(-c4ccc5oc6ccccc6c5c4)ccc32)c1.c1ccc2c(c1)[nH]c1ccccc12. The van der Waals surface area contributed by atoms with E-state index in [1.54, 1.807) is 0 Å². The molecule has 0 aliphatic carbocycles. The van der Waals surface area contributed by atoms with Crippen LogP contribution in [0.25, 0.3) is 115 Å². The number of hydrogen-bond donors (Lipinski definition) is 1. The van der Waals surface area contributed by atoms with Gasteiger partial charge in [0, 0.05) is 59.8 Å². The first-order valence-electron chi connectivity index (χ1n) is 20.1. The number of para-hydroxylation sites is 5. The van der Waals surface area contributed by atoms with Gasteiger partial charge in [-0.2, -0.15) is 0 Å². The summed E-state index contributed by atoms with van der Waals surface area (Å²) in [5, 5.41) is 9.66. The Morgan fingerprint density at radius 3 is 1.42 bits per heavy atom. The number of nitrogens with zero attached hydrogens (tertiary/aromatic N) is 1. The molecule has 4 heteroatoms. The van der Waals surface area contributed by atoms with Gasteiger partial charge in [-0.05, 0) is 114 Å². The molecule has 0 amide bonds. The molecule has 13 rings (SSSR count). The number of fused-ring (bicyclic) bond motifs is 12. The maximum absolute atomic E-state index is 6.11. The second kappa shape index (κ2) is 13.1. The normalized spacial score (nSPS) is 11.8. The van der Waals surface area contributed by atoms with E-state index in [0.29, 0.717) is 0 Å². The van der Waals surface area contributed by atoms with Crippen molar-refractivity contribution in [1.29, 1.82) is 0 Å². The van der Waals surface area contributed by atoms with Crippen LogP contribution in [0.2, 0.25) is 0 Å². The van der Waals surface area contributed by atoms with Gasteiger partial charge in [0.1, 0.15) is 22.3 Å². The molecule has 4 nitrogen and oxygen atoms in total. The van der Waals surface area contributed by atoms with E-state index in [1.807, 2.05) is 24.3 Å². The first kappa shape index (κ1) is 33.3. The van der Waals surface area contributed by atoms with Gasteiger partial charge >= 0.3 is 0 Å². The minimum Gasteiger partial charge on any atom is -0.456 e. The van der Waals surface area contributed by atoms with Crippen molar-refractivity contribution in [1.82, 2.24) is 9.55 Å². The van der Waals surface area contributed by atoms with Crippen LogP contribution in [-0.2, 0) is 0 Å². The molecule has 4 heterocycles. The zero-order valence-corrected chi connectivity index (χ0v) is 32.2. The molecule has 0 spiro atoms. The zero-order valence-electron chi connectivity index (χ0n) is 32.2. The molecule has 0 bridgehead atoms. The second-order valence-electron chi connectivity index (χ2n) is 15.5. The molecule has 278 valence electrons. The predicted molar refractivity (Wildman–Crippen MR) is 247 cm³/mol. The van der Waals surface area contributed by atoms with E-state index in [9.17, 15) is 0 Å². The monoisotopic (exact) mass is 756 g/mol. The van der Waals surface area contributed by atoms with Crippen molar-refractivity contribution in [3.05, 3.63) is 200 Å². The van der Waals surface area contributed by atoms with E-state index in [2.05, 4.69) is 186 Å². The van der Waals surface area contributed by atoms with Crippen LogP contribution in [0.3, 0.4) is 0 Å². The van der Waals surface area contributed by atoms with Crippen molar-refractivity contribution in [2.75, 3.05) is 0 Å².